The lowest BCUT2D eigenvalue weighted by atomic mass is 10.0. The summed E-state index contributed by atoms with van der Waals surface area (Å²) in [7, 11) is 0. The molecule has 0 radical (unpaired) electrons. The first-order valence-corrected chi connectivity index (χ1v) is 9.95. The molecule has 2 fully saturated rings. The fraction of sp³-hybridized carbons (Fsp3) is 0.579. The van der Waals surface area contributed by atoms with Crippen LogP contribution in [-0.4, -0.2) is 42.7 Å². The van der Waals surface area contributed by atoms with Crippen LogP contribution in [0.2, 0.25) is 0 Å². The number of alkyl halides is 3. The SMILES string of the molecule is O=C([C@@H]1CCCc2nn(Cc3ccnc(C(F)(F)F)c3F)c(=O)n21)N1CC[C@H]2CC21. The summed E-state index contributed by atoms with van der Waals surface area (Å²) in [6.45, 7) is 0.219. The smallest absolute Gasteiger partial charge is 0.338 e. The van der Waals surface area contributed by atoms with Crippen molar-refractivity contribution in [2.75, 3.05) is 6.54 Å². The van der Waals surface area contributed by atoms with Gasteiger partial charge in [0.2, 0.25) is 5.91 Å². The third-order valence-electron chi connectivity index (χ3n) is 6.28. The van der Waals surface area contributed by atoms with Crippen molar-refractivity contribution in [3.63, 3.8) is 0 Å². The Balaban J connectivity index is 1.46. The second kappa shape index (κ2) is 6.64. The molecular weight excluding hydrogens is 406 g/mol. The van der Waals surface area contributed by atoms with Gasteiger partial charge in [0.05, 0.1) is 6.54 Å². The van der Waals surface area contributed by atoms with Crippen molar-refractivity contribution in [3.05, 3.63) is 45.6 Å². The van der Waals surface area contributed by atoms with Crippen LogP contribution in [0.4, 0.5) is 17.6 Å². The van der Waals surface area contributed by atoms with Crippen molar-refractivity contribution in [3.8, 4) is 0 Å². The van der Waals surface area contributed by atoms with E-state index in [1.165, 1.54) is 4.57 Å². The number of fused-ring (bicyclic) bond motifs is 2. The van der Waals surface area contributed by atoms with Gasteiger partial charge >= 0.3 is 11.9 Å². The minimum atomic E-state index is -4.94. The number of likely N-dealkylation sites (tertiary alicyclic amines) is 1. The summed E-state index contributed by atoms with van der Waals surface area (Å²) in [5.41, 5.74) is -2.57. The number of amides is 1. The molecule has 1 amide bonds. The summed E-state index contributed by atoms with van der Waals surface area (Å²) in [5.74, 6) is -0.653. The maximum atomic E-state index is 14.3. The van der Waals surface area contributed by atoms with Crippen molar-refractivity contribution >= 4 is 5.91 Å². The van der Waals surface area contributed by atoms with Crippen LogP contribution in [0, 0.1) is 11.7 Å². The maximum absolute atomic E-state index is 14.3. The summed E-state index contributed by atoms with van der Waals surface area (Å²) in [5, 5.41) is 4.20. The lowest BCUT2D eigenvalue weighted by molar-refractivity contribution is -0.143. The first-order chi connectivity index (χ1) is 14.3. The Morgan fingerprint density at radius 2 is 2.07 bits per heavy atom. The number of carbonyl (C=O) groups excluding carboxylic acids is 1. The number of halogens is 4. The normalized spacial score (nSPS) is 25.2. The molecule has 3 atom stereocenters. The Morgan fingerprint density at radius 1 is 1.27 bits per heavy atom. The summed E-state index contributed by atoms with van der Waals surface area (Å²) >= 11 is 0. The Labute approximate surface area is 168 Å². The van der Waals surface area contributed by atoms with E-state index < -0.39 is 36.0 Å². The van der Waals surface area contributed by atoms with Gasteiger partial charge in [-0.15, -0.1) is 0 Å². The highest BCUT2D eigenvalue weighted by molar-refractivity contribution is 5.81. The van der Waals surface area contributed by atoms with Crippen LogP contribution in [0.5, 0.6) is 0 Å². The number of aryl methyl sites for hydroxylation is 1. The van der Waals surface area contributed by atoms with Gasteiger partial charge in [-0.2, -0.15) is 18.3 Å². The van der Waals surface area contributed by atoms with Crippen LogP contribution in [0.25, 0.3) is 0 Å². The van der Waals surface area contributed by atoms with Gasteiger partial charge in [0.15, 0.2) is 11.5 Å². The molecular formula is C19H19F4N5O2. The van der Waals surface area contributed by atoms with Crippen LogP contribution < -0.4 is 5.69 Å². The third-order valence-corrected chi connectivity index (χ3v) is 6.28. The predicted molar refractivity (Wildman–Crippen MR) is 95.0 cm³/mol. The molecule has 160 valence electrons. The summed E-state index contributed by atoms with van der Waals surface area (Å²) in [4.78, 5) is 30.9. The minimum absolute atomic E-state index is 0.1000. The van der Waals surface area contributed by atoms with E-state index in [4.69, 9.17) is 0 Å². The molecule has 0 spiro atoms. The zero-order valence-electron chi connectivity index (χ0n) is 15.9. The van der Waals surface area contributed by atoms with Gasteiger partial charge in [0, 0.05) is 30.8 Å². The highest BCUT2D eigenvalue weighted by Crippen LogP contribution is 2.45. The summed E-state index contributed by atoms with van der Waals surface area (Å²) in [6.07, 6.45) is -0.440. The zero-order valence-corrected chi connectivity index (χ0v) is 15.9. The van der Waals surface area contributed by atoms with Gasteiger partial charge in [0.1, 0.15) is 11.9 Å². The summed E-state index contributed by atoms with van der Waals surface area (Å²) in [6, 6.07) is 0.692. The van der Waals surface area contributed by atoms with Crippen LogP contribution in [0.3, 0.4) is 0 Å². The molecule has 1 unspecified atom stereocenters. The van der Waals surface area contributed by atoms with Crippen molar-refractivity contribution < 1.29 is 22.4 Å². The highest BCUT2D eigenvalue weighted by Gasteiger charge is 2.50. The van der Waals surface area contributed by atoms with Crippen molar-refractivity contribution in [1.82, 2.24) is 24.2 Å². The molecule has 4 heterocycles. The number of rotatable bonds is 3. The number of pyridine rings is 1. The van der Waals surface area contributed by atoms with Crippen LogP contribution in [-0.2, 0) is 23.9 Å². The van der Waals surface area contributed by atoms with Crippen LogP contribution in [0.1, 0.15) is 48.8 Å². The fourth-order valence-corrected chi connectivity index (χ4v) is 4.69. The highest BCUT2D eigenvalue weighted by atomic mass is 19.4. The van der Waals surface area contributed by atoms with Gasteiger partial charge in [-0.25, -0.2) is 18.9 Å². The van der Waals surface area contributed by atoms with Crippen molar-refractivity contribution in [2.24, 2.45) is 5.92 Å². The number of piperidine rings is 1. The largest absolute Gasteiger partial charge is 0.436 e. The zero-order chi connectivity index (χ0) is 21.2. The van der Waals surface area contributed by atoms with Gasteiger partial charge in [0.25, 0.3) is 0 Å². The van der Waals surface area contributed by atoms with E-state index in [1.54, 1.807) is 0 Å². The first-order valence-electron chi connectivity index (χ1n) is 9.95. The van der Waals surface area contributed by atoms with E-state index in [0.717, 1.165) is 29.8 Å². The molecule has 2 aromatic rings. The predicted octanol–water partition coefficient (Wildman–Crippen LogP) is 2.14. The molecule has 1 aliphatic carbocycles. The van der Waals surface area contributed by atoms with E-state index in [9.17, 15) is 27.2 Å². The number of carbonyl (C=O) groups is 1. The standard InChI is InChI=1S/C19H19F4N5O2/c20-15-11(4-6-24-16(15)19(21,22)23)9-27-18(30)28-12(2-1-3-14(28)25-27)17(29)26-7-5-10-8-13(10)26/h4,6,10,12-13H,1-3,5,7-9H2/t10-,12-,13?/m0/s1. The molecule has 0 bridgehead atoms. The number of nitrogens with zero attached hydrogens (tertiary/aromatic N) is 5. The number of hydrogen-bond donors (Lipinski definition) is 0. The second-order valence-electron chi connectivity index (χ2n) is 8.15. The van der Waals surface area contributed by atoms with Crippen molar-refractivity contribution in [2.45, 2.75) is 56.9 Å². The molecule has 2 aromatic heterocycles. The van der Waals surface area contributed by atoms with E-state index >= 15 is 0 Å². The Kier molecular flexibility index (Phi) is 4.26. The molecule has 2 aliphatic heterocycles. The second-order valence-corrected chi connectivity index (χ2v) is 8.15. The van der Waals surface area contributed by atoms with E-state index in [-0.39, 0.29) is 17.5 Å². The first kappa shape index (κ1) is 19.3. The average molecular weight is 425 g/mol. The molecule has 30 heavy (non-hydrogen) atoms. The fourth-order valence-electron chi connectivity index (χ4n) is 4.69. The molecule has 1 saturated heterocycles. The molecule has 0 N–H and O–H groups in total. The molecule has 1 saturated carbocycles. The van der Waals surface area contributed by atoms with E-state index in [2.05, 4.69) is 10.1 Å². The summed E-state index contributed by atoms with van der Waals surface area (Å²) < 4.78 is 55.4. The lowest BCUT2D eigenvalue weighted by Crippen LogP contribution is -2.42. The van der Waals surface area contributed by atoms with Gasteiger partial charge in [-0.05, 0) is 37.7 Å². The Morgan fingerprint density at radius 3 is 2.73 bits per heavy atom. The minimum Gasteiger partial charge on any atom is -0.338 e. The van der Waals surface area contributed by atoms with Gasteiger partial charge < -0.3 is 4.90 Å². The maximum Gasteiger partial charge on any atom is 0.436 e. The number of aromatic nitrogens is 4. The van der Waals surface area contributed by atoms with E-state index in [1.807, 2.05) is 4.90 Å². The van der Waals surface area contributed by atoms with Crippen molar-refractivity contribution in [1.29, 1.82) is 0 Å². The molecule has 5 rings (SSSR count). The number of hydrogen-bond acceptors (Lipinski definition) is 4. The third kappa shape index (κ3) is 3.02. The average Bonchev–Trinajstić information content (AvgIpc) is 3.24. The quantitative estimate of drug-likeness (QED) is 0.707. The van der Waals surface area contributed by atoms with E-state index in [0.29, 0.717) is 37.5 Å². The Hall–Kier alpha value is -2.72. The Bertz CT molecular complexity index is 1080. The topological polar surface area (TPSA) is 73.0 Å². The molecule has 3 aliphatic rings. The van der Waals surface area contributed by atoms with Crippen LogP contribution >= 0.6 is 0 Å². The van der Waals surface area contributed by atoms with Gasteiger partial charge in [-0.1, -0.05) is 0 Å². The molecule has 7 nitrogen and oxygen atoms in total. The monoisotopic (exact) mass is 425 g/mol. The van der Waals surface area contributed by atoms with Gasteiger partial charge in [-0.3, -0.25) is 9.36 Å². The molecule has 11 heteroatoms. The lowest BCUT2D eigenvalue weighted by Gasteiger charge is -2.28. The van der Waals surface area contributed by atoms with Crippen LogP contribution in [0.15, 0.2) is 17.1 Å². The molecule has 0 aromatic carbocycles.